The zero-order valence-electron chi connectivity index (χ0n) is 10.8. The molecule has 1 atom stereocenters. The second-order valence-corrected chi connectivity index (χ2v) is 5.12. The molecule has 5 heteroatoms. The standard InChI is InChI=1S/C13H19NO3S/c1-15-11-3-4-13(12(7-11)16-2)18-9-10-8-17-6-5-14-10/h3-4,7,10,14H,5-6,8-9H2,1-2H3. The van der Waals surface area contributed by atoms with Gasteiger partial charge in [-0.05, 0) is 12.1 Å². The SMILES string of the molecule is COc1ccc(SCC2COCCN2)c(OC)c1. The summed E-state index contributed by atoms with van der Waals surface area (Å²) in [6, 6.07) is 6.31. The first-order chi connectivity index (χ1) is 8.83. The molecule has 1 fully saturated rings. The number of methoxy groups -OCH3 is 2. The van der Waals surface area contributed by atoms with Crippen molar-refractivity contribution < 1.29 is 14.2 Å². The monoisotopic (exact) mass is 269 g/mol. The number of hydrogen-bond acceptors (Lipinski definition) is 5. The molecule has 18 heavy (non-hydrogen) atoms. The molecule has 0 spiro atoms. The van der Waals surface area contributed by atoms with Gasteiger partial charge in [-0.2, -0.15) is 0 Å². The maximum atomic E-state index is 5.44. The summed E-state index contributed by atoms with van der Waals surface area (Å²) in [7, 11) is 3.34. The highest BCUT2D eigenvalue weighted by molar-refractivity contribution is 7.99. The maximum absolute atomic E-state index is 5.44. The lowest BCUT2D eigenvalue weighted by Crippen LogP contribution is -2.42. The fourth-order valence-corrected chi connectivity index (χ4v) is 2.85. The van der Waals surface area contributed by atoms with E-state index in [2.05, 4.69) is 5.32 Å². The maximum Gasteiger partial charge on any atom is 0.136 e. The second-order valence-electron chi connectivity index (χ2n) is 4.05. The third-order valence-corrected chi connectivity index (χ3v) is 4.03. The van der Waals surface area contributed by atoms with Crippen LogP contribution in [0.2, 0.25) is 0 Å². The van der Waals surface area contributed by atoms with E-state index in [9.17, 15) is 0 Å². The third kappa shape index (κ3) is 3.54. The Kier molecular flexibility index (Phi) is 5.16. The van der Waals surface area contributed by atoms with Crippen LogP contribution >= 0.6 is 11.8 Å². The molecule has 1 aliphatic rings. The molecule has 1 N–H and O–H groups in total. The zero-order chi connectivity index (χ0) is 12.8. The highest BCUT2D eigenvalue weighted by atomic mass is 32.2. The van der Waals surface area contributed by atoms with E-state index in [-0.39, 0.29) is 0 Å². The molecule has 4 nitrogen and oxygen atoms in total. The molecular formula is C13H19NO3S. The molecule has 1 unspecified atom stereocenters. The van der Waals surface area contributed by atoms with Crippen molar-refractivity contribution in [3.05, 3.63) is 18.2 Å². The predicted molar refractivity (Wildman–Crippen MR) is 72.9 cm³/mol. The quantitative estimate of drug-likeness (QED) is 0.825. The van der Waals surface area contributed by atoms with Crippen LogP contribution in [0.4, 0.5) is 0 Å². The lowest BCUT2D eigenvalue weighted by atomic mass is 10.3. The molecule has 100 valence electrons. The van der Waals surface area contributed by atoms with Gasteiger partial charge >= 0.3 is 0 Å². The molecule has 1 aromatic carbocycles. The van der Waals surface area contributed by atoms with Crippen LogP contribution in [0.25, 0.3) is 0 Å². The summed E-state index contributed by atoms with van der Waals surface area (Å²) in [6.07, 6.45) is 0. The summed E-state index contributed by atoms with van der Waals surface area (Å²) in [4.78, 5) is 1.13. The molecule has 1 saturated heterocycles. The van der Waals surface area contributed by atoms with Crippen molar-refractivity contribution in [1.82, 2.24) is 5.32 Å². The predicted octanol–water partition coefficient (Wildman–Crippen LogP) is 1.78. The van der Waals surface area contributed by atoms with Crippen molar-refractivity contribution in [1.29, 1.82) is 0 Å². The Labute approximate surface area is 112 Å². The van der Waals surface area contributed by atoms with Crippen molar-refractivity contribution in [3.8, 4) is 11.5 Å². The number of morpholine rings is 1. The summed E-state index contributed by atoms with van der Waals surface area (Å²) in [6.45, 7) is 2.53. The molecule has 2 rings (SSSR count). The smallest absolute Gasteiger partial charge is 0.136 e. The van der Waals surface area contributed by atoms with Gasteiger partial charge in [0.15, 0.2) is 0 Å². The summed E-state index contributed by atoms with van der Waals surface area (Å²) >= 11 is 1.77. The lowest BCUT2D eigenvalue weighted by molar-refractivity contribution is 0.0837. The highest BCUT2D eigenvalue weighted by Gasteiger charge is 2.14. The number of thioether (sulfide) groups is 1. The Balaban J connectivity index is 1.95. The van der Waals surface area contributed by atoms with E-state index >= 15 is 0 Å². The van der Waals surface area contributed by atoms with Crippen LogP contribution in [0.1, 0.15) is 0 Å². The first-order valence-electron chi connectivity index (χ1n) is 5.99. The van der Waals surface area contributed by atoms with Crippen LogP contribution in [0.15, 0.2) is 23.1 Å². The van der Waals surface area contributed by atoms with E-state index in [0.717, 1.165) is 41.9 Å². The van der Waals surface area contributed by atoms with Crippen molar-refractivity contribution in [2.75, 3.05) is 39.7 Å². The normalized spacial score (nSPS) is 19.6. The number of rotatable bonds is 5. The lowest BCUT2D eigenvalue weighted by Gasteiger charge is -2.23. The minimum absolute atomic E-state index is 0.413. The minimum Gasteiger partial charge on any atom is -0.497 e. The van der Waals surface area contributed by atoms with E-state index in [0.29, 0.717) is 6.04 Å². The number of benzene rings is 1. The Bertz CT molecular complexity index is 380. The van der Waals surface area contributed by atoms with Crippen molar-refractivity contribution in [3.63, 3.8) is 0 Å². The Morgan fingerprint density at radius 2 is 2.28 bits per heavy atom. The van der Waals surface area contributed by atoms with E-state index in [1.807, 2.05) is 18.2 Å². The summed E-state index contributed by atoms with van der Waals surface area (Å²) in [5, 5.41) is 3.44. The largest absolute Gasteiger partial charge is 0.497 e. The number of ether oxygens (including phenoxy) is 3. The van der Waals surface area contributed by atoms with Gasteiger partial charge in [-0.15, -0.1) is 11.8 Å². The van der Waals surface area contributed by atoms with Crippen molar-refractivity contribution >= 4 is 11.8 Å². The van der Waals surface area contributed by atoms with E-state index in [1.54, 1.807) is 26.0 Å². The van der Waals surface area contributed by atoms with Crippen LogP contribution in [0.5, 0.6) is 11.5 Å². The van der Waals surface area contributed by atoms with Crippen molar-refractivity contribution in [2.24, 2.45) is 0 Å². The zero-order valence-corrected chi connectivity index (χ0v) is 11.6. The van der Waals surface area contributed by atoms with Crippen LogP contribution in [0.3, 0.4) is 0 Å². The first-order valence-corrected chi connectivity index (χ1v) is 6.98. The van der Waals surface area contributed by atoms with Gasteiger partial charge in [-0.3, -0.25) is 0 Å². The van der Waals surface area contributed by atoms with E-state index in [4.69, 9.17) is 14.2 Å². The fourth-order valence-electron chi connectivity index (χ4n) is 1.81. The molecule has 1 aromatic rings. The van der Waals surface area contributed by atoms with Gasteiger partial charge < -0.3 is 19.5 Å². The van der Waals surface area contributed by atoms with Gasteiger partial charge in [0.2, 0.25) is 0 Å². The van der Waals surface area contributed by atoms with Gasteiger partial charge in [-0.1, -0.05) is 0 Å². The van der Waals surface area contributed by atoms with Crippen LogP contribution < -0.4 is 14.8 Å². The molecule has 0 aromatic heterocycles. The molecular weight excluding hydrogens is 250 g/mol. The third-order valence-electron chi connectivity index (χ3n) is 2.81. The van der Waals surface area contributed by atoms with Gasteiger partial charge in [-0.25, -0.2) is 0 Å². The fraction of sp³-hybridized carbons (Fsp3) is 0.538. The molecule has 0 amide bonds. The van der Waals surface area contributed by atoms with Gasteiger partial charge in [0.1, 0.15) is 11.5 Å². The van der Waals surface area contributed by atoms with Crippen molar-refractivity contribution in [2.45, 2.75) is 10.9 Å². The van der Waals surface area contributed by atoms with Crippen LogP contribution in [-0.2, 0) is 4.74 Å². The van der Waals surface area contributed by atoms with Crippen LogP contribution in [-0.4, -0.2) is 45.8 Å². The summed E-state index contributed by atoms with van der Waals surface area (Å²) < 4.78 is 16.0. The molecule has 0 radical (unpaired) electrons. The van der Waals surface area contributed by atoms with Gasteiger partial charge in [0.05, 0.1) is 27.4 Å². The van der Waals surface area contributed by atoms with E-state index < -0.39 is 0 Å². The van der Waals surface area contributed by atoms with Gasteiger partial charge in [0.25, 0.3) is 0 Å². The topological polar surface area (TPSA) is 39.7 Å². The molecule has 1 aliphatic heterocycles. The number of hydrogen-bond donors (Lipinski definition) is 1. The van der Waals surface area contributed by atoms with E-state index in [1.165, 1.54) is 0 Å². The molecule has 0 bridgehead atoms. The first kappa shape index (κ1) is 13.5. The summed E-state index contributed by atoms with van der Waals surface area (Å²) in [5.41, 5.74) is 0. The Morgan fingerprint density at radius 3 is 2.94 bits per heavy atom. The average molecular weight is 269 g/mol. The molecule has 0 aliphatic carbocycles. The highest BCUT2D eigenvalue weighted by Crippen LogP contribution is 2.33. The van der Waals surface area contributed by atoms with Crippen LogP contribution in [0, 0.1) is 0 Å². The second kappa shape index (κ2) is 6.87. The molecule has 0 saturated carbocycles. The minimum atomic E-state index is 0.413. The Morgan fingerprint density at radius 1 is 1.39 bits per heavy atom. The number of nitrogens with one attached hydrogen (secondary N) is 1. The average Bonchev–Trinajstić information content (AvgIpc) is 2.46. The molecule has 1 heterocycles. The Hall–Kier alpha value is -0.910. The van der Waals surface area contributed by atoms with Gasteiger partial charge in [0, 0.05) is 29.3 Å². The summed E-state index contributed by atoms with van der Waals surface area (Å²) in [5.74, 6) is 2.65.